The molecule has 1 nitrogen and oxygen atoms in total. The summed E-state index contributed by atoms with van der Waals surface area (Å²) in [6.45, 7) is 4.11. The zero-order valence-electron chi connectivity index (χ0n) is 15.2. The van der Waals surface area contributed by atoms with Gasteiger partial charge in [0.1, 0.15) is 0 Å². The zero-order valence-corrected chi connectivity index (χ0v) is 18.2. The van der Waals surface area contributed by atoms with Crippen molar-refractivity contribution in [1.82, 2.24) is 0 Å². The molecule has 3 heteroatoms. The number of rotatable bonds is 6. The van der Waals surface area contributed by atoms with Crippen molar-refractivity contribution in [2.75, 3.05) is 6.66 Å². The van der Waals surface area contributed by atoms with Crippen LogP contribution in [0, 0.1) is 0 Å². The molecule has 134 valence electrons. The molecule has 1 unspecified atom stereocenters. The van der Waals surface area contributed by atoms with Gasteiger partial charge in [-0.2, -0.15) is 0 Å². The number of Topliss-reactive ketones (excluding diaryl/α,β-unsaturated/α-hetero) is 1. The van der Waals surface area contributed by atoms with E-state index >= 15 is 0 Å². The van der Waals surface area contributed by atoms with Gasteiger partial charge in [-0.1, -0.05) is 0 Å². The second-order valence-electron chi connectivity index (χ2n) is 7.01. The van der Waals surface area contributed by atoms with E-state index in [-0.39, 0.29) is 11.4 Å². The Morgan fingerprint density at radius 3 is 1.58 bits per heavy atom. The van der Waals surface area contributed by atoms with Crippen molar-refractivity contribution >= 4 is 42.7 Å². The molecule has 0 aliphatic rings. The van der Waals surface area contributed by atoms with Crippen LogP contribution < -0.4 is 10.6 Å². The van der Waals surface area contributed by atoms with Crippen molar-refractivity contribution in [2.24, 2.45) is 0 Å². The van der Waals surface area contributed by atoms with Crippen LogP contribution in [0.5, 0.6) is 0 Å². The van der Waals surface area contributed by atoms with Gasteiger partial charge in [-0.15, -0.1) is 0 Å². The number of hydrogen-bond donors (Lipinski definition) is 0. The van der Waals surface area contributed by atoms with Gasteiger partial charge in [0.15, 0.2) is 0 Å². The topological polar surface area (TPSA) is 17.1 Å². The predicted molar refractivity (Wildman–Crippen MR) is 123 cm³/mol. The normalized spacial score (nSPS) is 14.2. The molecule has 3 rings (SSSR count). The van der Waals surface area contributed by atoms with Crippen LogP contribution in [0.15, 0.2) is 91.0 Å². The summed E-state index contributed by atoms with van der Waals surface area (Å²) in [7, 11) is 0. The summed E-state index contributed by atoms with van der Waals surface area (Å²) in [5.41, 5.74) is 1.38. The van der Waals surface area contributed by atoms with Gasteiger partial charge >= 0.3 is 170 Å². The van der Waals surface area contributed by atoms with E-state index in [4.69, 9.17) is 0 Å². The van der Waals surface area contributed by atoms with Crippen molar-refractivity contribution in [3.8, 4) is 0 Å². The third kappa shape index (κ3) is 3.50. The van der Waals surface area contributed by atoms with Gasteiger partial charge in [0.2, 0.25) is 0 Å². The number of hydrogen-bond acceptors (Lipinski definition) is 1. The Labute approximate surface area is 169 Å². The third-order valence-corrected chi connectivity index (χ3v) is 15.6. The van der Waals surface area contributed by atoms with E-state index in [1.54, 1.807) is 6.92 Å². The summed E-state index contributed by atoms with van der Waals surface area (Å²) >= 11 is 2.72. The van der Waals surface area contributed by atoms with E-state index < -0.39 is 4.25 Å². The van der Waals surface area contributed by atoms with E-state index in [1.165, 1.54) is 16.2 Å². The summed E-state index contributed by atoms with van der Waals surface area (Å²) in [6, 6.07) is 32.0. The Bertz CT molecular complexity index is 832. The Morgan fingerprint density at radius 2 is 1.19 bits per heavy atom. The second kappa shape index (κ2) is 7.62. The van der Waals surface area contributed by atoms with E-state index in [1.807, 2.05) is 6.07 Å². The molecule has 0 aliphatic carbocycles. The van der Waals surface area contributed by atoms with Crippen LogP contribution >= 0.6 is 26.3 Å². The summed E-state index contributed by atoms with van der Waals surface area (Å²) in [5.74, 6) is 0.234. The molecule has 0 aromatic heterocycles. The minimum absolute atomic E-state index is 0.144. The first-order valence-electron chi connectivity index (χ1n) is 8.81. The van der Waals surface area contributed by atoms with E-state index in [9.17, 15) is 4.79 Å². The molecule has 0 N–H and O–H groups in total. The van der Waals surface area contributed by atoms with Gasteiger partial charge in [0, 0.05) is 0 Å². The summed E-state index contributed by atoms with van der Waals surface area (Å²) < 4.78 is -2.69. The molecule has 26 heavy (non-hydrogen) atoms. The monoisotopic (exact) mass is 474 g/mol. The average molecular weight is 474 g/mol. The molecule has 3 aromatic carbocycles. The molecule has 0 radical (unpaired) electrons. The number of carbonyl (C=O) groups is 1. The van der Waals surface area contributed by atoms with Crippen molar-refractivity contribution in [3.05, 3.63) is 96.6 Å². The van der Waals surface area contributed by atoms with Crippen molar-refractivity contribution in [2.45, 2.75) is 19.0 Å². The predicted octanol–water partition coefficient (Wildman–Crippen LogP) is 5.89. The van der Waals surface area contributed by atoms with Crippen molar-refractivity contribution in [3.63, 3.8) is 0 Å². The number of halogens is 1. The molecule has 0 spiro atoms. The first-order valence-corrected chi connectivity index (χ1v) is 14.3. The minimum atomic E-state index is -2.69. The zero-order chi connectivity index (χ0) is 18.6. The molecular weight excluding hydrogens is 450 g/mol. The molecule has 0 bridgehead atoms. The summed E-state index contributed by atoms with van der Waals surface area (Å²) in [5, 5.41) is 2.67. The molecule has 0 aliphatic heterocycles. The number of carbonyl (C=O) groups excluding carboxylic acids is 1. The average Bonchev–Trinajstić information content (AvgIpc) is 2.68. The molecule has 0 amide bonds. The molecule has 0 saturated heterocycles. The summed E-state index contributed by atoms with van der Waals surface area (Å²) in [4.78, 5) is 12.3. The molecule has 0 fully saturated rings. The molecule has 0 heterocycles. The number of ketones is 1. The van der Waals surface area contributed by atoms with Gasteiger partial charge in [-0.05, 0) is 0 Å². The van der Waals surface area contributed by atoms with E-state index in [2.05, 4.69) is 114 Å². The molecule has 3 aromatic rings. The third-order valence-electron chi connectivity index (χ3n) is 5.19. The van der Waals surface area contributed by atoms with Crippen LogP contribution in [-0.2, 0) is 4.79 Å². The molecule has 1 atom stereocenters. The van der Waals surface area contributed by atoms with E-state index in [0.717, 1.165) is 0 Å². The van der Waals surface area contributed by atoms with Gasteiger partial charge in [0.25, 0.3) is 0 Å². The number of benzene rings is 3. The maximum absolute atomic E-state index is 12.3. The molecular formula is C23H24IOP. The fourth-order valence-electron chi connectivity index (χ4n) is 3.73. The van der Waals surface area contributed by atoms with Crippen LogP contribution in [0.4, 0.5) is 0 Å². The quantitative estimate of drug-likeness (QED) is 0.322. The van der Waals surface area contributed by atoms with Crippen molar-refractivity contribution in [1.29, 1.82) is 0 Å². The first-order chi connectivity index (χ1) is 12.4. The van der Waals surface area contributed by atoms with Crippen LogP contribution in [0.25, 0.3) is 0 Å². The fourth-order valence-corrected chi connectivity index (χ4v) is 11.6. The van der Waals surface area contributed by atoms with Gasteiger partial charge in [0.05, 0.1) is 0 Å². The Balaban J connectivity index is 2.33. The van der Waals surface area contributed by atoms with Gasteiger partial charge in [-0.25, -0.2) is 0 Å². The van der Waals surface area contributed by atoms with Crippen LogP contribution in [0.1, 0.15) is 24.6 Å². The maximum atomic E-state index is 12.3. The molecule has 0 saturated carbocycles. The van der Waals surface area contributed by atoms with Crippen LogP contribution in [0.2, 0.25) is 0 Å². The second-order valence-corrected chi connectivity index (χ2v) is 19.2. The Kier molecular flexibility index (Phi) is 5.64. The van der Waals surface area contributed by atoms with Crippen molar-refractivity contribution < 1.29 is 4.79 Å². The first kappa shape index (κ1) is 19.3. The van der Waals surface area contributed by atoms with E-state index in [0.29, 0.717) is 6.42 Å². The fraction of sp³-hybridized carbons (Fsp3) is 0.174. The Hall–Kier alpha value is -1.51. The summed E-state index contributed by atoms with van der Waals surface area (Å²) in [6.07, 6.45) is 0.547. The van der Waals surface area contributed by atoms with Gasteiger partial charge in [-0.3, -0.25) is 0 Å². The standard InChI is InChI=1S/C23H24IOP/c1-19(25)18-23(20-12-6-3-7-13-20)26(2,24,21-14-8-4-9-15-21)22-16-10-5-11-17-22/h3-17,23H,18H2,1-2H3. The van der Waals surface area contributed by atoms with Crippen LogP contribution in [0.3, 0.4) is 0 Å². The Morgan fingerprint density at radius 1 is 0.808 bits per heavy atom. The SMILES string of the molecule is CC(=O)CC(c1ccccc1)P(C)(I)(c1ccccc1)c1ccccc1. The van der Waals surface area contributed by atoms with Crippen LogP contribution in [-0.4, -0.2) is 12.4 Å². The van der Waals surface area contributed by atoms with Gasteiger partial charge < -0.3 is 0 Å².